The molecule has 1 N–H and O–H groups in total. The van der Waals surface area contributed by atoms with Crippen molar-refractivity contribution >= 4 is 5.69 Å². The van der Waals surface area contributed by atoms with E-state index in [1.54, 1.807) is 0 Å². The summed E-state index contributed by atoms with van der Waals surface area (Å²) in [4.78, 5) is 0. The standard InChI is InChI=1S/C10H13N2/c1-2-5-9(6-3-1)12-10-7-4-8-11-10/h1-3,5-6,10,12H,4,7-8H2. The Bertz CT molecular complexity index is 227. The second kappa shape index (κ2) is 3.59. The molecule has 2 nitrogen and oxygen atoms in total. The number of para-hydroxylation sites is 1. The molecule has 1 radical (unpaired) electrons. The van der Waals surface area contributed by atoms with Crippen LogP contribution in [0.25, 0.3) is 0 Å². The van der Waals surface area contributed by atoms with E-state index in [1.807, 2.05) is 18.2 Å². The summed E-state index contributed by atoms with van der Waals surface area (Å²) in [5.41, 5.74) is 1.17. The molecule has 1 atom stereocenters. The van der Waals surface area contributed by atoms with Crippen LogP contribution in [-0.4, -0.2) is 12.7 Å². The molecule has 1 aromatic carbocycles. The minimum atomic E-state index is 0.354. The first-order valence-electron chi connectivity index (χ1n) is 4.43. The van der Waals surface area contributed by atoms with Crippen LogP contribution in [0.1, 0.15) is 12.8 Å². The molecule has 0 spiro atoms. The van der Waals surface area contributed by atoms with E-state index in [0.717, 1.165) is 6.54 Å². The number of hydrogen-bond donors (Lipinski definition) is 1. The molecule has 1 fully saturated rings. The Kier molecular flexibility index (Phi) is 2.28. The van der Waals surface area contributed by atoms with Crippen LogP contribution in [0.3, 0.4) is 0 Å². The van der Waals surface area contributed by atoms with Crippen LogP contribution in [0.15, 0.2) is 30.3 Å². The van der Waals surface area contributed by atoms with Crippen LogP contribution >= 0.6 is 0 Å². The average Bonchev–Trinajstić information content (AvgIpc) is 2.59. The van der Waals surface area contributed by atoms with E-state index in [1.165, 1.54) is 18.5 Å². The lowest BCUT2D eigenvalue weighted by atomic mass is 10.3. The summed E-state index contributed by atoms with van der Waals surface area (Å²) >= 11 is 0. The van der Waals surface area contributed by atoms with Crippen LogP contribution in [0.4, 0.5) is 5.69 Å². The van der Waals surface area contributed by atoms with Gasteiger partial charge in [-0.3, -0.25) is 0 Å². The maximum atomic E-state index is 4.42. The minimum Gasteiger partial charge on any atom is -0.369 e. The molecular weight excluding hydrogens is 148 g/mol. The van der Waals surface area contributed by atoms with Crippen molar-refractivity contribution in [1.82, 2.24) is 5.32 Å². The molecule has 0 bridgehead atoms. The summed E-state index contributed by atoms with van der Waals surface area (Å²) < 4.78 is 0. The molecule has 1 unspecified atom stereocenters. The first-order valence-corrected chi connectivity index (χ1v) is 4.43. The van der Waals surface area contributed by atoms with E-state index in [0.29, 0.717) is 6.17 Å². The molecule has 0 saturated carbocycles. The minimum absolute atomic E-state index is 0.354. The number of hydrogen-bond acceptors (Lipinski definition) is 1. The van der Waals surface area contributed by atoms with Gasteiger partial charge in [-0.05, 0) is 25.0 Å². The van der Waals surface area contributed by atoms with E-state index >= 15 is 0 Å². The summed E-state index contributed by atoms with van der Waals surface area (Å²) in [6.45, 7) is 1.02. The number of benzene rings is 1. The van der Waals surface area contributed by atoms with E-state index < -0.39 is 0 Å². The van der Waals surface area contributed by atoms with Gasteiger partial charge in [0.2, 0.25) is 0 Å². The van der Waals surface area contributed by atoms with Crippen molar-refractivity contribution in [3.8, 4) is 0 Å². The number of nitrogens with one attached hydrogen (secondary N) is 1. The monoisotopic (exact) mass is 161 g/mol. The van der Waals surface area contributed by atoms with Crippen molar-refractivity contribution < 1.29 is 0 Å². The molecule has 0 amide bonds. The van der Waals surface area contributed by atoms with Crippen molar-refractivity contribution in [3.63, 3.8) is 0 Å². The van der Waals surface area contributed by atoms with Crippen LogP contribution in [0, 0.1) is 0 Å². The van der Waals surface area contributed by atoms with E-state index in [-0.39, 0.29) is 0 Å². The molecule has 2 heteroatoms. The Morgan fingerprint density at radius 1 is 1.25 bits per heavy atom. The topological polar surface area (TPSA) is 26.1 Å². The highest BCUT2D eigenvalue weighted by Gasteiger charge is 2.14. The Hall–Kier alpha value is -1.02. The summed E-state index contributed by atoms with van der Waals surface area (Å²) in [6.07, 6.45) is 2.76. The predicted octanol–water partition coefficient (Wildman–Crippen LogP) is 1.82. The number of rotatable bonds is 2. The molecule has 1 saturated heterocycles. The van der Waals surface area contributed by atoms with Crippen molar-refractivity contribution in [2.75, 3.05) is 11.9 Å². The molecule has 1 heterocycles. The molecule has 2 rings (SSSR count). The molecule has 1 aliphatic heterocycles. The van der Waals surface area contributed by atoms with Crippen LogP contribution in [0.5, 0.6) is 0 Å². The molecule has 12 heavy (non-hydrogen) atoms. The van der Waals surface area contributed by atoms with Crippen molar-refractivity contribution in [2.45, 2.75) is 19.0 Å². The maximum Gasteiger partial charge on any atom is 0.0928 e. The highest BCUT2D eigenvalue weighted by Crippen LogP contribution is 2.12. The third-order valence-electron chi connectivity index (χ3n) is 2.09. The normalized spacial score (nSPS) is 22.5. The fraction of sp³-hybridized carbons (Fsp3) is 0.400. The van der Waals surface area contributed by atoms with Gasteiger partial charge in [0, 0.05) is 12.2 Å². The van der Waals surface area contributed by atoms with Gasteiger partial charge in [0.05, 0.1) is 6.17 Å². The van der Waals surface area contributed by atoms with Crippen molar-refractivity contribution in [1.29, 1.82) is 0 Å². The third-order valence-corrected chi connectivity index (χ3v) is 2.09. The van der Waals surface area contributed by atoms with Gasteiger partial charge >= 0.3 is 0 Å². The van der Waals surface area contributed by atoms with E-state index in [9.17, 15) is 0 Å². The summed E-state index contributed by atoms with van der Waals surface area (Å²) in [6, 6.07) is 10.3. The summed E-state index contributed by atoms with van der Waals surface area (Å²) in [7, 11) is 0. The smallest absolute Gasteiger partial charge is 0.0928 e. The summed E-state index contributed by atoms with van der Waals surface area (Å²) in [5.74, 6) is 0. The van der Waals surface area contributed by atoms with Gasteiger partial charge in [-0.1, -0.05) is 18.2 Å². The van der Waals surface area contributed by atoms with Crippen LogP contribution in [-0.2, 0) is 0 Å². The SMILES string of the molecule is c1ccc(NC2CCC[N]2)cc1. The number of anilines is 1. The fourth-order valence-electron chi connectivity index (χ4n) is 1.47. The largest absolute Gasteiger partial charge is 0.369 e. The van der Waals surface area contributed by atoms with Gasteiger partial charge in [0.25, 0.3) is 0 Å². The van der Waals surface area contributed by atoms with Crippen LogP contribution in [0.2, 0.25) is 0 Å². The van der Waals surface area contributed by atoms with Gasteiger partial charge in [-0.15, -0.1) is 0 Å². The quantitative estimate of drug-likeness (QED) is 0.703. The van der Waals surface area contributed by atoms with Crippen molar-refractivity contribution in [2.24, 2.45) is 0 Å². The lowest BCUT2D eigenvalue weighted by Crippen LogP contribution is -2.23. The second-order valence-electron chi connectivity index (χ2n) is 3.07. The molecule has 0 aliphatic carbocycles. The fourth-order valence-corrected chi connectivity index (χ4v) is 1.47. The average molecular weight is 161 g/mol. The lowest BCUT2D eigenvalue weighted by molar-refractivity contribution is 0.666. The highest BCUT2D eigenvalue weighted by molar-refractivity contribution is 5.43. The van der Waals surface area contributed by atoms with Gasteiger partial charge in [0.1, 0.15) is 0 Å². The molecule has 1 aliphatic rings. The van der Waals surface area contributed by atoms with Gasteiger partial charge in [-0.2, -0.15) is 0 Å². The zero-order chi connectivity index (χ0) is 8.23. The zero-order valence-corrected chi connectivity index (χ0v) is 7.03. The lowest BCUT2D eigenvalue weighted by Gasteiger charge is -2.11. The molecule has 0 aromatic heterocycles. The zero-order valence-electron chi connectivity index (χ0n) is 7.03. The van der Waals surface area contributed by atoms with Gasteiger partial charge in [0.15, 0.2) is 0 Å². The van der Waals surface area contributed by atoms with Crippen molar-refractivity contribution in [3.05, 3.63) is 30.3 Å². The molecular formula is C10H13N2. The van der Waals surface area contributed by atoms with Crippen LogP contribution < -0.4 is 10.6 Å². The molecule has 63 valence electrons. The van der Waals surface area contributed by atoms with E-state index in [4.69, 9.17) is 0 Å². The number of nitrogens with zero attached hydrogens (tertiary/aromatic N) is 1. The first kappa shape index (κ1) is 7.62. The Morgan fingerprint density at radius 2 is 2.08 bits per heavy atom. The first-order chi connectivity index (χ1) is 5.95. The Labute approximate surface area is 73.0 Å². The van der Waals surface area contributed by atoms with Gasteiger partial charge < -0.3 is 5.32 Å². The molecule has 1 aromatic rings. The Balaban J connectivity index is 1.94. The second-order valence-corrected chi connectivity index (χ2v) is 3.07. The summed E-state index contributed by atoms with van der Waals surface area (Å²) in [5, 5.41) is 7.79. The van der Waals surface area contributed by atoms with E-state index in [2.05, 4.69) is 22.8 Å². The highest BCUT2D eigenvalue weighted by atomic mass is 15.1. The maximum absolute atomic E-state index is 4.42. The Morgan fingerprint density at radius 3 is 2.75 bits per heavy atom. The predicted molar refractivity (Wildman–Crippen MR) is 50.1 cm³/mol. The van der Waals surface area contributed by atoms with Gasteiger partial charge in [-0.25, -0.2) is 5.32 Å². The third kappa shape index (κ3) is 1.77.